The van der Waals surface area contributed by atoms with E-state index in [-0.39, 0.29) is 6.09 Å². The molecule has 7 nitrogen and oxygen atoms in total. The Morgan fingerprint density at radius 1 is 1.15 bits per heavy atom. The average molecular weight is 376 g/mol. The summed E-state index contributed by atoms with van der Waals surface area (Å²) in [7, 11) is 2.11. The van der Waals surface area contributed by atoms with Gasteiger partial charge in [0.15, 0.2) is 0 Å². The number of ether oxygens (including phenoxy) is 1. The summed E-state index contributed by atoms with van der Waals surface area (Å²) < 4.78 is 5.16. The fourth-order valence-electron chi connectivity index (χ4n) is 4.86. The van der Waals surface area contributed by atoms with Crippen molar-refractivity contribution in [3.8, 4) is 6.07 Å². The van der Waals surface area contributed by atoms with E-state index in [1.54, 1.807) is 0 Å². The Balaban J connectivity index is 1.49. The SMILES string of the molecule is CCOC(=O)N1CCCC(N2CCC(C3N(C)C=CN3CC#N)CC2)CC1. The molecule has 0 radical (unpaired) electrons. The number of carbonyl (C=O) groups is 1. The van der Waals surface area contributed by atoms with Crippen LogP contribution in [0.25, 0.3) is 0 Å². The summed E-state index contributed by atoms with van der Waals surface area (Å²) >= 11 is 0. The highest BCUT2D eigenvalue weighted by Crippen LogP contribution is 2.31. The lowest BCUT2D eigenvalue weighted by molar-refractivity contribution is 0.0487. The first-order valence-electron chi connectivity index (χ1n) is 10.3. The van der Waals surface area contributed by atoms with E-state index < -0.39 is 0 Å². The molecule has 0 aliphatic carbocycles. The summed E-state index contributed by atoms with van der Waals surface area (Å²) in [4.78, 5) is 20.9. The lowest BCUT2D eigenvalue weighted by Gasteiger charge is -2.42. The molecule has 2 saturated heterocycles. The van der Waals surface area contributed by atoms with Crippen molar-refractivity contribution in [2.45, 2.75) is 51.2 Å². The van der Waals surface area contributed by atoms with Gasteiger partial charge in [-0.15, -0.1) is 0 Å². The van der Waals surface area contributed by atoms with Crippen LogP contribution in [-0.4, -0.2) is 84.3 Å². The van der Waals surface area contributed by atoms with E-state index in [1.165, 1.54) is 0 Å². The van der Waals surface area contributed by atoms with E-state index in [2.05, 4.69) is 40.2 Å². The third-order valence-corrected chi connectivity index (χ3v) is 6.24. The molecule has 0 aromatic heterocycles. The smallest absolute Gasteiger partial charge is 0.409 e. The molecule has 2 fully saturated rings. The molecule has 0 aromatic rings. The minimum atomic E-state index is -0.161. The number of rotatable bonds is 4. The fraction of sp³-hybridized carbons (Fsp3) is 0.800. The fourth-order valence-corrected chi connectivity index (χ4v) is 4.86. The van der Waals surface area contributed by atoms with Gasteiger partial charge >= 0.3 is 6.09 Å². The number of amides is 1. The van der Waals surface area contributed by atoms with Crippen LogP contribution in [-0.2, 0) is 4.74 Å². The second-order valence-corrected chi connectivity index (χ2v) is 7.85. The monoisotopic (exact) mass is 375 g/mol. The molecular formula is C20H33N5O2. The molecule has 0 saturated carbocycles. The maximum atomic E-state index is 12.0. The zero-order valence-electron chi connectivity index (χ0n) is 16.7. The quantitative estimate of drug-likeness (QED) is 0.703. The maximum Gasteiger partial charge on any atom is 0.409 e. The van der Waals surface area contributed by atoms with E-state index in [9.17, 15) is 4.79 Å². The van der Waals surface area contributed by atoms with E-state index in [4.69, 9.17) is 10.00 Å². The standard InChI is InChI=1S/C20H33N5O2/c1-3-27-20(26)25-10-4-5-18(8-13-25)23-11-6-17(7-12-23)19-22(2)15-16-24(19)14-9-21/h15-19H,3-8,10-14H2,1-2H3. The van der Waals surface area contributed by atoms with E-state index >= 15 is 0 Å². The first-order chi connectivity index (χ1) is 13.1. The first kappa shape index (κ1) is 19.8. The summed E-state index contributed by atoms with van der Waals surface area (Å²) in [6.45, 7) is 6.59. The summed E-state index contributed by atoms with van der Waals surface area (Å²) in [5, 5.41) is 9.07. The van der Waals surface area contributed by atoms with Crippen molar-refractivity contribution in [2.24, 2.45) is 5.92 Å². The topological polar surface area (TPSA) is 63.1 Å². The Hall–Kier alpha value is -1.94. The summed E-state index contributed by atoms with van der Waals surface area (Å²) in [5.41, 5.74) is 0. The Bertz CT molecular complexity index is 567. The van der Waals surface area contributed by atoms with Crippen molar-refractivity contribution in [3.63, 3.8) is 0 Å². The molecule has 2 atom stereocenters. The molecule has 3 aliphatic heterocycles. The van der Waals surface area contributed by atoms with E-state index in [1.807, 2.05) is 11.8 Å². The largest absolute Gasteiger partial charge is 0.450 e. The molecule has 0 spiro atoms. The minimum absolute atomic E-state index is 0.161. The molecule has 150 valence electrons. The van der Waals surface area contributed by atoms with Gasteiger partial charge in [-0.05, 0) is 52.1 Å². The predicted molar refractivity (Wildman–Crippen MR) is 104 cm³/mol. The Morgan fingerprint density at radius 2 is 1.93 bits per heavy atom. The molecule has 0 bridgehead atoms. The number of hydrogen-bond donors (Lipinski definition) is 0. The van der Waals surface area contributed by atoms with Crippen LogP contribution in [0.3, 0.4) is 0 Å². The van der Waals surface area contributed by atoms with Crippen molar-refractivity contribution >= 4 is 6.09 Å². The number of nitriles is 1. The van der Waals surface area contributed by atoms with Gasteiger partial charge in [0.1, 0.15) is 12.7 Å². The van der Waals surface area contributed by atoms with Crippen molar-refractivity contribution in [2.75, 3.05) is 46.4 Å². The van der Waals surface area contributed by atoms with Gasteiger partial charge in [-0.1, -0.05) is 0 Å². The highest BCUT2D eigenvalue weighted by molar-refractivity contribution is 5.67. The number of piperidine rings is 1. The van der Waals surface area contributed by atoms with Crippen LogP contribution in [0.15, 0.2) is 12.4 Å². The van der Waals surface area contributed by atoms with Gasteiger partial charge in [-0.25, -0.2) is 4.79 Å². The van der Waals surface area contributed by atoms with Crippen LogP contribution in [0.5, 0.6) is 0 Å². The number of hydrogen-bond acceptors (Lipinski definition) is 6. The van der Waals surface area contributed by atoms with Gasteiger partial charge in [0, 0.05) is 44.5 Å². The predicted octanol–water partition coefficient (Wildman–Crippen LogP) is 2.28. The minimum Gasteiger partial charge on any atom is -0.450 e. The Morgan fingerprint density at radius 3 is 2.63 bits per heavy atom. The van der Waals surface area contributed by atoms with Gasteiger partial charge in [-0.2, -0.15) is 5.26 Å². The average Bonchev–Trinajstić information content (AvgIpc) is 2.88. The maximum absolute atomic E-state index is 12.0. The highest BCUT2D eigenvalue weighted by Gasteiger charge is 2.36. The van der Waals surface area contributed by atoms with Crippen LogP contribution in [0, 0.1) is 17.2 Å². The van der Waals surface area contributed by atoms with Crippen molar-refractivity contribution in [3.05, 3.63) is 12.4 Å². The molecule has 0 aromatic carbocycles. The van der Waals surface area contributed by atoms with E-state index in [0.717, 1.165) is 58.3 Å². The van der Waals surface area contributed by atoms with Gasteiger partial charge < -0.3 is 24.3 Å². The molecule has 1 amide bonds. The molecule has 3 aliphatic rings. The van der Waals surface area contributed by atoms with Crippen molar-refractivity contribution < 1.29 is 9.53 Å². The van der Waals surface area contributed by atoms with Crippen LogP contribution in [0.4, 0.5) is 4.79 Å². The van der Waals surface area contributed by atoms with Gasteiger partial charge in [0.25, 0.3) is 0 Å². The van der Waals surface area contributed by atoms with Crippen LogP contribution < -0.4 is 0 Å². The zero-order chi connectivity index (χ0) is 19.2. The molecule has 7 heteroatoms. The van der Waals surface area contributed by atoms with Gasteiger partial charge in [0.2, 0.25) is 0 Å². The molecule has 2 unspecified atom stereocenters. The lowest BCUT2D eigenvalue weighted by atomic mass is 9.91. The number of likely N-dealkylation sites (tertiary alicyclic amines) is 2. The van der Waals surface area contributed by atoms with Crippen LogP contribution in [0.2, 0.25) is 0 Å². The van der Waals surface area contributed by atoms with Crippen LogP contribution >= 0.6 is 0 Å². The Labute approximate surface area is 163 Å². The first-order valence-corrected chi connectivity index (χ1v) is 10.3. The molecule has 0 N–H and O–H groups in total. The van der Waals surface area contributed by atoms with E-state index in [0.29, 0.717) is 31.3 Å². The van der Waals surface area contributed by atoms with Crippen molar-refractivity contribution in [1.29, 1.82) is 5.26 Å². The van der Waals surface area contributed by atoms with Gasteiger partial charge in [-0.3, -0.25) is 0 Å². The third-order valence-electron chi connectivity index (χ3n) is 6.24. The lowest BCUT2D eigenvalue weighted by Crippen LogP contribution is -2.49. The number of carbonyl (C=O) groups excluding carboxylic acids is 1. The van der Waals surface area contributed by atoms with Crippen LogP contribution in [0.1, 0.15) is 39.0 Å². The normalized spacial score (nSPS) is 27.5. The van der Waals surface area contributed by atoms with Crippen molar-refractivity contribution in [1.82, 2.24) is 19.6 Å². The molecule has 3 heterocycles. The molecular weight excluding hydrogens is 342 g/mol. The zero-order valence-corrected chi connectivity index (χ0v) is 16.7. The molecule has 27 heavy (non-hydrogen) atoms. The summed E-state index contributed by atoms with van der Waals surface area (Å²) in [6, 6.07) is 2.85. The third kappa shape index (κ3) is 4.67. The summed E-state index contributed by atoms with van der Waals surface area (Å²) in [6.07, 6.45) is 9.87. The second kappa shape index (κ2) is 9.32. The summed E-state index contributed by atoms with van der Waals surface area (Å²) in [5.74, 6) is 0.594. The Kier molecular flexibility index (Phi) is 6.84. The number of nitrogens with zero attached hydrogens (tertiary/aromatic N) is 5. The highest BCUT2D eigenvalue weighted by atomic mass is 16.6. The second-order valence-electron chi connectivity index (χ2n) is 7.85. The molecule has 3 rings (SSSR count). The van der Waals surface area contributed by atoms with Gasteiger partial charge in [0.05, 0.1) is 12.7 Å².